The number of aromatic nitrogens is 1. The largest absolute Gasteiger partial charge is 0.455 e. The molecule has 0 fully saturated rings. The van der Waals surface area contributed by atoms with Gasteiger partial charge in [0.05, 0.1) is 22.1 Å². The van der Waals surface area contributed by atoms with Gasteiger partial charge in [0.15, 0.2) is 0 Å². The fourth-order valence-electron chi connectivity index (χ4n) is 10.6. The topological polar surface area (TPSA) is 21.3 Å². The minimum atomic E-state index is -0.0615. The summed E-state index contributed by atoms with van der Waals surface area (Å²) in [4.78, 5) is 2.40. The van der Waals surface area contributed by atoms with Crippen LogP contribution >= 0.6 is 0 Å². The van der Waals surface area contributed by atoms with E-state index < -0.39 is 0 Å². The van der Waals surface area contributed by atoms with Crippen LogP contribution in [0.4, 0.5) is 17.1 Å². The van der Waals surface area contributed by atoms with Crippen molar-refractivity contribution < 1.29 is 4.42 Å². The van der Waals surface area contributed by atoms with Crippen molar-refractivity contribution in [3.63, 3.8) is 0 Å². The molecule has 13 rings (SSSR count). The third-order valence-electron chi connectivity index (χ3n) is 13.8. The van der Waals surface area contributed by atoms with E-state index in [9.17, 15) is 0 Å². The molecule has 0 saturated heterocycles. The number of furan rings is 1. The van der Waals surface area contributed by atoms with Crippen molar-refractivity contribution in [2.45, 2.75) is 19.3 Å². The molecule has 3 heteroatoms. The molecule has 0 bridgehead atoms. The highest BCUT2D eigenvalue weighted by Crippen LogP contribution is 2.50. The zero-order chi connectivity index (χ0) is 42.5. The van der Waals surface area contributed by atoms with Gasteiger partial charge in [0.2, 0.25) is 0 Å². The summed E-state index contributed by atoms with van der Waals surface area (Å²) in [5.41, 5.74) is 18.4. The summed E-state index contributed by atoms with van der Waals surface area (Å²) in [7, 11) is 0. The summed E-state index contributed by atoms with van der Waals surface area (Å²) in [6.45, 7) is 4.69. The second kappa shape index (κ2) is 13.9. The average Bonchev–Trinajstić information content (AvgIpc) is 3.98. The average molecular weight is 819 g/mol. The van der Waals surface area contributed by atoms with E-state index in [1.807, 2.05) is 0 Å². The molecule has 0 saturated carbocycles. The summed E-state index contributed by atoms with van der Waals surface area (Å²) in [5, 5.41) is 7.08. The maximum atomic E-state index is 6.91. The smallest absolute Gasteiger partial charge is 0.145 e. The lowest BCUT2D eigenvalue weighted by atomic mass is 9.81. The van der Waals surface area contributed by atoms with E-state index in [0.29, 0.717) is 0 Å². The lowest BCUT2D eigenvalue weighted by molar-refractivity contribution is 0.660. The normalized spacial score (nSPS) is 13.0. The molecule has 0 radical (unpaired) electrons. The number of anilines is 3. The van der Waals surface area contributed by atoms with Crippen molar-refractivity contribution in [3.8, 4) is 39.1 Å². The first-order valence-electron chi connectivity index (χ1n) is 22.2. The number of benzene rings is 10. The van der Waals surface area contributed by atoms with E-state index in [1.165, 1.54) is 66.0 Å². The summed E-state index contributed by atoms with van der Waals surface area (Å²) >= 11 is 0. The SMILES string of the molecule is CC1(C)c2ccccc2-c2ccc(-c3ccc(N(c4ccc5ccccc5c4)c4ccc(-c5ccc(-n6c7ccccc7c7ccccc76)cc5)c5oc6ccccc6c45)cc3)cc21. The summed E-state index contributed by atoms with van der Waals surface area (Å²) in [6.07, 6.45) is 0. The minimum Gasteiger partial charge on any atom is -0.455 e. The molecule has 3 nitrogen and oxygen atoms in total. The maximum absolute atomic E-state index is 6.91. The zero-order valence-corrected chi connectivity index (χ0v) is 35.6. The van der Waals surface area contributed by atoms with Gasteiger partial charge in [0, 0.05) is 44.2 Å². The molecule has 2 aromatic heterocycles. The van der Waals surface area contributed by atoms with Gasteiger partial charge in [-0.3, -0.25) is 0 Å². The molecule has 12 aromatic rings. The Bertz CT molecular complexity index is 3760. The van der Waals surface area contributed by atoms with E-state index in [1.54, 1.807) is 0 Å². The summed E-state index contributed by atoms with van der Waals surface area (Å²) < 4.78 is 9.28. The molecule has 0 amide bonds. The zero-order valence-electron chi connectivity index (χ0n) is 35.6. The first-order valence-corrected chi connectivity index (χ1v) is 22.2. The van der Waals surface area contributed by atoms with Crippen LogP contribution in [0.2, 0.25) is 0 Å². The molecule has 0 aliphatic heterocycles. The number of hydrogen-bond donors (Lipinski definition) is 0. The Morgan fingerprint density at radius 2 is 1.02 bits per heavy atom. The van der Waals surface area contributed by atoms with E-state index in [-0.39, 0.29) is 5.41 Å². The third-order valence-corrected chi connectivity index (χ3v) is 13.8. The van der Waals surface area contributed by atoms with Gasteiger partial charge in [-0.25, -0.2) is 0 Å². The third kappa shape index (κ3) is 5.47. The van der Waals surface area contributed by atoms with Crippen LogP contribution in [-0.4, -0.2) is 4.57 Å². The van der Waals surface area contributed by atoms with Crippen LogP contribution in [0.1, 0.15) is 25.0 Å². The van der Waals surface area contributed by atoms with E-state index in [4.69, 9.17) is 4.42 Å². The van der Waals surface area contributed by atoms with Gasteiger partial charge in [0.1, 0.15) is 11.2 Å². The van der Waals surface area contributed by atoms with Crippen LogP contribution in [0.15, 0.2) is 223 Å². The lowest BCUT2D eigenvalue weighted by Gasteiger charge is -2.27. The number of hydrogen-bond acceptors (Lipinski definition) is 2. The number of para-hydroxylation sites is 3. The second-order valence-electron chi connectivity index (χ2n) is 17.7. The summed E-state index contributed by atoms with van der Waals surface area (Å²) in [6, 6.07) is 79.5. The highest BCUT2D eigenvalue weighted by atomic mass is 16.3. The van der Waals surface area contributed by atoms with Crippen molar-refractivity contribution in [2.24, 2.45) is 0 Å². The van der Waals surface area contributed by atoms with Gasteiger partial charge in [-0.15, -0.1) is 0 Å². The Hall–Kier alpha value is -8.14. The van der Waals surface area contributed by atoms with Gasteiger partial charge in [-0.05, 0) is 123 Å². The molecule has 1 aliphatic rings. The van der Waals surface area contributed by atoms with Crippen LogP contribution in [-0.2, 0) is 5.41 Å². The van der Waals surface area contributed by atoms with E-state index in [2.05, 4.69) is 242 Å². The summed E-state index contributed by atoms with van der Waals surface area (Å²) in [5.74, 6) is 0. The van der Waals surface area contributed by atoms with Crippen LogP contribution in [0.3, 0.4) is 0 Å². The highest BCUT2D eigenvalue weighted by Gasteiger charge is 2.35. The van der Waals surface area contributed by atoms with Gasteiger partial charge in [-0.1, -0.05) is 159 Å². The Kier molecular flexibility index (Phi) is 7.95. The predicted molar refractivity (Wildman–Crippen MR) is 269 cm³/mol. The molecule has 302 valence electrons. The van der Waals surface area contributed by atoms with Gasteiger partial charge in [0.25, 0.3) is 0 Å². The van der Waals surface area contributed by atoms with Gasteiger partial charge in [-0.2, -0.15) is 0 Å². The van der Waals surface area contributed by atoms with E-state index >= 15 is 0 Å². The van der Waals surface area contributed by atoms with Crippen LogP contribution < -0.4 is 4.90 Å². The van der Waals surface area contributed by atoms with Crippen LogP contribution in [0.25, 0.3) is 93.6 Å². The fourth-order valence-corrected chi connectivity index (χ4v) is 10.6. The number of nitrogens with zero attached hydrogens (tertiary/aromatic N) is 2. The molecule has 10 aromatic carbocycles. The van der Waals surface area contributed by atoms with Crippen LogP contribution in [0, 0.1) is 0 Å². The first kappa shape index (κ1) is 36.5. The van der Waals surface area contributed by atoms with E-state index in [0.717, 1.165) is 55.8 Å². The molecule has 64 heavy (non-hydrogen) atoms. The maximum Gasteiger partial charge on any atom is 0.145 e. The minimum absolute atomic E-state index is 0.0615. The van der Waals surface area contributed by atoms with Crippen molar-refractivity contribution in [2.75, 3.05) is 4.90 Å². The van der Waals surface area contributed by atoms with Gasteiger partial charge >= 0.3 is 0 Å². The molecule has 1 aliphatic carbocycles. The Labute approximate surface area is 371 Å². The standard InChI is InChI=1S/C61H42N2O/c1-61(2)53-19-9-5-15-48(53)49-34-28-43(38-54(49)61)40-23-29-44(30-24-40)62(46-33-25-39-13-3-4-14-42(39)37-46)57-36-35-47(60-59(57)52-18-8-12-22-58(52)64-60)41-26-31-45(32-27-41)63-55-20-10-6-16-50(55)51-17-7-11-21-56(51)63/h3-38H,1-2H3. The monoisotopic (exact) mass is 818 g/mol. The van der Waals surface area contributed by atoms with Crippen molar-refractivity contribution in [3.05, 3.63) is 230 Å². The van der Waals surface area contributed by atoms with Crippen molar-refractivity contribution in [1.82, 2.24) is 4.57 Å². The van der Waals surface area contributed by atoms with Crippen LogP contribution in [0.5, 0.6) is 0 Å². The molecular formula is C61H42N2O. The number of fused-ring (bicyclic) bond motifs is 10. The fraction of sp³-hybridized carbons (Fsp3) is 0.0492. The molecular weight excluding hydrogens is 777 g/mol. The molecule has 0 spiro atoms. The molecule has 0 N–H and O–H groups in total. The Morgan fingerprint density at radius 1 is 0.422 bits per heavy atom. The van der Waals surface area contributed by atoms with Gasteiger partial charge < -0.3 is 13.9 Å². The molecule has 0 atom stereocenters. The molecule has 0 unspecified atom stereocenters. The highest BCUT2D eigenvalue weighted by molar-refractivity contribution is 6.17. The van der Waals surface area contributed by atoms with Crippen molar-refractivity contribution >= 4 is 71.6 Å². The Balaban J connectivity index is 0.952. The quantitative estimate of drug-likeness (QED) is 0.167. The molecule has 2 heterocycles. The van der Waals surface area contributed by atoms with Crippen molar-refractivity contribution in [1.29, 1.82) is 0 Å². The predicted octanol–water partition coefficient (Wildman–Crippen LogP) is 16.9. The second-order valence-corrected chi connectivity index (χ2v) is 17.7. The number of rotatable bonds is 6. The lowest BCUT2D eigenvalue weighted by Crippen LogP contribution is -2.14. The first-order chi connectivity index (χ1) is 31.5. The Morgan fingerprint density at radius 3 is 1.80 bits per heavy atom.